The molecule has 2 heterocycles. The van der Waals surface area contributed by atoms with Crippen molar-refractivity contribution in [3.05, 3.63) is 33.5 Å². The van der Waals surface area contributed by atoms with Crippen molar-refractivity contribution in [1.29, 1.82) is 0 Å². The first-order valence-electron chi connectivity index (χ1n) is 8.65. The van der Waals surface area contributed by atoms with E-state index in [1.54, 1.807) is 11.3 Å². The average molecular weight is 393 g/mol. The van der Waals surface area contributed by atoms with Gasteiger partial charge in [0.05, 0.1) is 18.9 Å². The van der Waals surface area contributed by atoms with Crippen LogP contribution in [-0.4, -0.2) is 28.0 Å². The van der Waals surface area contributed by atoms with Gasteiger partial charge in [-0.05, 0) is 49.9 Å². The van der Waals surface area contributed by atoms with E-state index >= 15 is 0 Å². The Kier molecular flexibility index (Phi) is 5.62. The molecule has 6 nitrogen and oxygen atoms in total. The van der Waals surface area contributed by atoms with Crippen LogP contribution in [0.4, 0.5) is 5.00 Å². The van der Waals surface area contributed by atoms with Gasteiger partial charge in [-0.25, -0.2) is 4.79 Å². The Balaban J connectivity index is 1.75. The second-order valence-electron chi connectivity index (χ2n) is 6.73. The van der Waals surface area contributed by atoms with E-state index in [-0.39, 0.29) is 5.97 Å². The van der Waals surface area contributed by atoms with Crippen molar-refractivity contribution >= 4 is 39.6 Å². The number of nitrogens with one attached hydrogen (secondary N) is 2. The number of rotatable bonds is 4. The molecule has 2 N–H and O–H groups in total. The Hall–Kier alpha value is -1.93. The topological polar surface area (TPSA) is 68.2 Å². The largest absolute Gasteiger partial charge is 0.465 e. The highest BCUT2D eigenvalue weighted by molar-refractivity contribution is 7.80. The van der Waals surface area contributed by atoms with Gasteiger partial charge in [0.25, 0.3) is 0 Å². The zero-order valence-electron chi connectivity index (χ0n) is 15.5. The summed E-state index contributed by atoms with van der Waals surface area (Å²) in [5, 5.41) is 11.9. The molecule has 2 aromatic heterocycles. The number of fused-ring (bicyclic) bond motifs is 1. The maximum Gasteiger partial charge on any atom is 0.341 e. The molecule has 2 aromatic rings. The third-order valence-electron chi connectivity index (χ3n) is 4.90. The molecule has 0 fully saturated rings. The maximum atomic E-state index is 12.3. The van der Waals surface area contributed by atoms with Crippen molar-refractivity contribution < 1.29 is 9.53 Å². The fourth-order valence-electron chi connectivity index (χ4n) is 3.20. The first-order valence-corrected chi connectivity index (χ1v) is 9.88. The molecule has 0 bridgehead atoms. The number of aryl methyl sites for hydroxylation is 1. The molecule has 26 heavy (non-hydrogen) atoms. The van der Waals surface area contributed by atoms with E-state index in [1.165, 1.54) is 12.0 Å². The fourth-order valence-corrected chi connectivity index (χ4v) is 4.84. The van der Waals surface area contributed by atoms with Crippen LogP contribution in [0.1, 0.15) is 45.4 Å². The van der Waals surface area contributed by atoms with Gasteiger partial charge < -0.3 is 15.4 Å². The highest BCUT2D eigenvalue weighted by atomic mass is 32.1. The third kappa shape index (κ3) is 3.76. The molecule has 8 heteroatoms. The zero-order chi connectivity index (χ0) is 18.8. The van der Waals surface area contributed by atoms with Crippen LogP contribution in [0.2, 0.25) is 0 Å². The summed E-state index contributed by atoms with van der Waals surface area (Å²) in [6, 6.07) is 0. The summed E-state index contributed by atoms with van der Waals surface area (Å²) >= 11 is 7.05. The lowest BCUT2D eigenvalue weighted by Gasteiger charge is -2.18. The molecule has 0 amide bonds. The summed E-state index contributed by atoms with van der Waals surface area (Å²) in [7, 11) is 3.33. The lowest BCUT2D eigenvalue weighted by atomic mass is 9.88. The summed E-state index contributed by atoms with van der Waals surface area (Å²) in [6.07, 6.45) is 4.83. The molecule has 1 atom stereocenters. The normalized spacial score (nSPS) is 16.1. The lowest BCUT2D eigenvalue weighted by molar-refractivity contribution is 0.0601. The molecule has 0 aromatic carbocycles. The van der Waals surface area contributed by atoms with E-state index in [4.69, 9.17) is 17.0 Å². The Morgan fingerprint density at radius 3 is 2.96 bits per heavy atom. The van der Waals surface area contributed by atoms with E-state index in [1.807, 2.05) is 24.9 Å². The van der Waals surface area contributed by atoms with Gasteiger partial charge in [-0.3, -0.25) is 4.68 Å². The molecule has 0 aliphatic heterocycles. The standard InChI is InChI=1S/C18H24N4O2S2/c1-10-5-6-13-14(7-10)26-16(15(13)17(23)24-4)21-18(25)19-8-12-9-20-22(3)11(12)2/h9-10H,5-8H2,1-4H3,(H2,19,21,25). The van der Waals surface area contributed by atoms with Crippen LogP contribution in [0.25, 0.3) is 0 Å². The van der Waals surface area contributed by atoms with E-state index in [0.717, 1.165) is 41.1 Å². The van der Waals surface area contributed by atoms with Crippen LogP contribution < -0.4 is 10.6 Å². The van der Waals surface area contributed by atoms with Crippen LogP contribution >= 0.6 is 23.6 Å². The Bertz CT molecular complexity index is 841. The van der Waals surface area contributed by atoms with Crippen LogP contribution in [0.15, 0.2) is 6.20 Å². The summed E-state index contributed by atoms with van der Waals surface area (Å²) in [5.74, 6) is 0.337. The smallest absolute Gasteiger partial charge is 0.341 e. The number of methoxy groups -OCH3 is 1. The monoisotopic (exact) mass is 392 g/mol. The summed E-state index contributed by atoms with van der Waals surface area (Å²) in [4.78, 5) is 13.6. The minimum Gasteiger partial charge on any atom is -0.465 e. The number of aromatic nitrogens is 2. The number of esters is 1. The molecule has 1 aliphatic carbocycles. The summed E-state index contributed by atoms with van der Waals surface area (Å²) < 4.78 is 6.84. The minimum atomic E-state index is -0.301. The van der Waals surface area contributed by atoms with Crippen molar-refractivity contribution in [1.82, 2.24) is 15.1 Å². The molecule has 3 rings (SSSR count). The summed E-state index contributed by atoms with van der Waals surface area (Å²) in [5.41, 5.74) is 3.94. The van der Waals surface area contributed by atoms with Gasteiger partial charge in [0.15, 0.2) is 5.11 Å². The van der Waals surface area contributed by atoms with Gasteiger partial charge >= 0.3 is 5.97 Å². The zero-order valence-corrected chi connectivity index (χ0v) is 17.1. The number of ether oxygens (including phenoxy) is 1. The number of nitrogens with zero attached hydrogens (tertiary/aromatic N) is 2. The highest BCUT2D eigenvalue weighted by Gasteiger charge is 2.28. The van der Waals surface area contributed by atoms with Crippen LogP contribution in [0, 0.1) is 12.8 Å². The average Bonchev–Trinajstić information content (AvgIpc) is 3.12. The second-order valence-corrected chi connectivity index (χ2v) is 8.25. The van der Waals surface area contributed by atoms with E-state index in [0.29, 0.717) is 23.1 Å². The van der Waals surface area contributed by atoms with Gasteiger partial charge in [0, 0.05) is 29.7 Å². The van der Waals surface area contributed by atoms with Gasteiger partial charge in [-0.1, -0.05) is 6.92 Å². The number of hydrogen-bond donors (Lipinski definition) is 2. The molecule has 0 saturated carbocycles. The Morgan fingerprint density at radius 2 is 2.31 bits per heavy atom. The SMILES string of the molecule is COC(=O)c1c(NC(=S)NCc2cnn(C)c2C)sc2c1CCC(C)C2. The molecule has 0 saturated heterocycles. The number of thiophene rings is 1. The first kappa shape index (κ1) is 18.8. The van der Waals surface area contributed by atoms with Crippen molar-refractivity contribution in [2.75, 3.05) is 12.4 Å². The Morgan fingerprint density at radius 1 is 1.54 bits per heavy atom. The third-order valence-corrected chi connectivity index (χ3v) is 6.32. The quantitative estimate of drug-likeness (QED) is 0.615. The molecule has 0 spiro atoms. The van der Waals surface area contributed by atoms with E-state index in [9.17, 15) is 4.79 Å². The predicted octanol–water partition coefficient (Wildman–Crippen LogP) is 3.19. The van der Waals surface area contributed by atoms with Crippen LogP contribution in [0.3, 0.4) is 0 Å². The van der Waals surface area contributed by atoms with Crippen molar-refractivity contribution in [3.63, 3.8) is 0 Å². The van der Waals surface area contributed by atoms with Crippen LogP contribution in [0.5, 0.6) is 0 Å². The predicted molar refractivity (Wildman–Crippen MR) is 108 cm³/mol. The van der Waals surface area contributed by atoms with Gasteiger partial charge in [-0.2, -0.15) is 5.10 Å². The van der Waals surface area contributed by atoms with E-state index in [2.05, 4.69) is 22.7 Å². The molecular formula is C18H24N4O2S2. The van der Waals surface area contributed by atoms with Gasteiger partial charge in [0.2, 0.25) is 0 Å². The van der Waals surface area contributed by atoms with Crippen molar-refractivity contribution in [2.45, 2.75) is 39.7 Å². The maximum absolute atomic E-state index is 12.3. The molecule has 0 radical (unpaired) electrons. The first-order chi connectivity index (χ1) is 12.4. The van der Waals surface area contributed by atoms with Gasteiger partial charge in [0.1, 0.15) is 5.00 Å². The molecule has 1 unspecified atom stereocenters. The minimum absolute atomic E-state index is 0.301. The molecule has 140 valence electrons. The van der Waals surface area contributed by atoms with Crippen molar-refractivity contribution in [3.8, 4) is 0 Å². The van der Waals surface area contributed by atoms with E-state index < -0.39 is 0 Å². The fraction of sp³-hybridized carbons (Fsp3) is 0.500. The molecule has 1 aliphatic rings. The van der Waals surface area contributed by atoms with Gasteiger partial charge in [-0.15, -0.1) is 11.3 Å². The molecular weight excluding hydrogens is 368 g/mol. The number of thiocarbonyl (C=S) groups is 1. The number of carbonyl (C=O) groups is 1. The van der Waals surface area contributed by atoms with Crippen LogP contribution in [-0.2, 0) is 31.2 Å². The Labute approximate surface area is 162 Å². The lowest BCUT2D eigenvalue weighted by Crippen LogP contribution is -2.28. The second kappa shape index (κ2) is 7.75. The number of hydrogen-bond acceptors (Lipinski definition) is 5. The number of carbonyl (C=O) groups excluding carboxylic acids is 1. The highest BCUT2D eigenvalue weighted by Crippen LogP contribution is 2.40. The number of anilines is 1. The summed E-state index contributed by atoms with van der Waals surface area (Å²) in [6.45, 7) is 4.85. The van der Waals surface area contributed by atoms with Crippen molar-refractivity contribution in [2.24, 2.45) is 13.0 Å².